The van der Waals surface area contributed by atoms with Crippen LogP contribution in [0.1, 0.15) is 10.4 Å². The van der Waals surface area contributed by atoms with Crippen molar-refractivity contribution >= 4 is 34.4 Å². The van der Waals surface area contributed by atoms with E-state index >= 15 is 0 Å². The summed E-state index contributed by atoms with van der Waals surface area (Å²) in [6.45, 7) is 0.0350. The van der Waals surface area contributed by atoms with Crippen LogP contribution in [-0.2, 0) is 16.1 Å². The molecule has 8 heteroatoms. The number of carbonyl (C=O) groups excluding carboxylic acids is 2. The number of thiophene rings is 1. The number of nitrogens with one attached hydrogen (secondary N) is 1. The van der Waals surface area contributed by atoms with Crippen LogP contribution in [0.2, 0.25) is 0 Å². The fraction of sp³-hybridized carbons (Fsp3) is 0.130. The molecule has 31 heavy (non-hydrogen) atoms. The fourth-order valence-corrected chi connectivity index (χ4v) is 4.07. The van der Waals surface area contributed by atoms with E-state index in [2.05, 4.69) is 5.32 Å². The number of carbonyl (C=O) groups is 2. The van der Waals surface area contributed by atoms with Crippen LogP contribution in [0, 0.1) is 5.82 Å². The normalized spacial score (nSPS) is 13.7. The highest BCUT2D eigenvalue weighted by atomic mass is 32.1. The average Bonchev–Trinajstić information content (AvgIpc) is 3.38. The lowest BCUT2D eigenvalue weighted by Crippen LogP contribution is -2.32. The molecule has 1 aliphatic rings. The van der Waals surface area contributed by atoms with Crippen LogP contribution in [0.4, 0.5) is 10.1 Å². The Labute approximate surface area is 182 Å². The summed E-state index contributed by atoms with van der Waals surface area (Å²) in [6, 6.07) is 14.5. The van der Waals surface area contributed by atoms with Crippen LogP contribution in [0.25, 0.3) is 5.57 Å². The average molecular weight is 438 g/mol. The van der Waals surface area contributed by atoms with E-state index in [4.69, 9.17) is 9.47 Å². The van der Waals surface area contributed by atoms with Gasteiger partial charge in [-0.1, -0.05) is 18.2 Å². The number of nitrogens with zero attached hydrogens (tertiary/aromatic N) is 1. The monoisotopic (exact) mass is 438 g/mol. The standard InChI is InChI=1S/C23H19FN2O4S/c1-29-16-9-10-18(30-2)17(12-16)25-21-20(19-4-3-11-31-19)22(27)26(23(21)28)13-14-5-7-15(24)8-6-14/h3-12,25H,13H2,1-2H3. The van der Waals surface area contributed by atoms with E-state index in [0.29, 0.717) is 27.6 Å². The summed E-state index contributed by atoms with van der Waals surface area (Å²) in [6.07, 6.45) is 0. The first-order chi connectivity index (χ1) is 15.0. The summed E-state index contributed by atoms with van der Waals surface area (Å²) in [4.78, 5) is 28.4. The number of halogens is 1. The smallest absolute Gasteiger partial charge is 0.278 e. The molecule has 6 nitrogen and oxygen atoms in total. The van der Waals surface area contributed by atoms with Crippen molar-refractivity contribution in [1.82, 2.24) is 4.90 Å². The van der Waals surface area contributed by atoms with Gasteiger partial charge in [0, 0.05) is 10.9 Å². The third-order valence-electron chi connectivity index (χ3n) is 4.86. The van der Waals surface area contributed by atoms with Crippen molar-refractivity contribution in [2.75, 3.05) is 19.5 Å². The Hall–Kier alpha value is -3.65. The number of methoxy groups -OCH3 is 2. The van der Waals surface area contributed by atoms with Crippen molar-refractivity contribution < 1.29 is 23.5 Å². The van der Waals surface area contributed by atoms with Crippen molar-refractivity contribution in [3.05, 3.63) is 81.9 Å². The minimum Gasteiger partial charge on any atom is -0.497 e. The first-order valence-electron chi connectivity index (χ1n) is 9.39. The topological polar surface area (TPSA) is 67.9 Å². The summed E-state index contributed by atoms with van der Waals surface area (Å²) in [7, 11) is 3.06. The van der Waals surface area contributed by atoms with E-state index in [1.165, 1.54) is 37.7 Å². The van der Waals surface area contributed by atoms with Gasteiger partial charge in [-0.25, -0.2) is 4.39 Å². The molecular weight excluding hydrogens is 419 g/mol. The van der Waals surface area contributed by atoms with Gasteiger partial charge >= 0.3 is 0 Å². The predicted molar refractivity (Wildman–Crippen MR) is 116 cm³/mol. The molecule has 3 aromatic rings. The lowest BCUT2D eigenvalue weighted by Gasteiger charge is -2.16. The molecule has 0 fully saturated rings. The molecule has 0 atom stereocenters. The molecule has 158 valence electrons. The van der Waals surface area contributed by atoms with Crippen LogP contribution >= 0.6 is 11.3 Å². The SMILES string of the molecule is COc1ccc(OC)c(NC2=C(c3cccs3)C(=O)N(Cc3ccc(F)cc3)C2=O)c1. The molecule has 2 amide bonds. The van der Waals surface area contributed by atoms with E-state index in [9.17, 15) is 14.0 Å². The summed E-state index contributed by atoms with van der Waals surface area (Å²) >= 11 is 1.37. The maximum absolute atomic E-state index is 13.3. The molecule has 2 aromatic carbocycles. The molecule has 0 radical (unpaired) electrons. The molecule has 0 bridgehead atoms. The first kappa shape index (κ1) is 20.6. The molecule has 0 unspecified atom stereocenters. The van der Waals surface area contributed by atoms with Crippen LogP contribution < -0.4 is 14.8 Å². The van der Waals surface area contributed by atoms with Crippen LogP contribution in [-0.4, -0.2) is 30.9 Å². The Kier molecular flexibility index (Phi) is 5.73. The zero-order chi connectivity index (χ0) is 22.0. The maximum atomic E-state index is 13.3. The van der Waals surface area contributed by atoms with Gasteiger partial charge in [0.05, 0.1) is 32.0 Å². The van der Waals surface area contributed by atoms with Crippen molar-refractivity contribution in [2.45, 2.75) is 6.54 Å². The van der Waals surface area contributed by atoms with E-state index < -0.39 is 11.8 Å². The minimum atomic E-state index is -0.470. The molecule has 4 rings (SSSR count). The van der Waals surface area contributed by atoms with E-state index in [-0.39, 0.29) is 23.6 Å². The predicted octanol–water partition coefficient (Wildman–Crippen LogP) is 4.30. The Morgan fingerprint density at radius 1 is 1.00 bits per heavy atom. The Bertz CT molecular complexity index is 1160. The van der Waals surface area contributed by atoms with Crippen molar-refractivity contribution in [2.24, 2.45) is 0 Å². The lowest BCUT2D eigenvalue weighted by atomic mass is 10.1. The zero-order valence-electron chi connectivity index (χ0n) is 16.8. The summed E-state index contributed by atoms with van der Waals surface area (Å²) in [5.41, 5.74) is 1.58. The highest BCUT2D eigenvalue weighted by Gasteiger charge is 2.40. The van der Waals surface area contributed by atoms with Gasteiger partial charge < -0.3 is 14.8 Å². The summed E-state index contributed by atoms with van der Waals surface area (Å²) < 4.78 is 23.9. The molecule has 0 spiro atoms. The van der Waals surface area contributed by atoms with Crippen molar-refractivity contribution in [1.29, 1.82) is 0 Å². The number of rotatable bonds is 7. The van der Waals surface area contributed by atoms with Crippen LogP contribution in [0.5, 0.6) is 11.5 Å². The van der Waals surface area contributed by atoms with Crippen LogP contribution in [0.15, 0.2) is 65.7 Å². The lowest BCUT2D eigenvalue weighted by molar-refractivity contribution is -0.137. The number of hydrogen-bond acceptors (Lipinski definition) is 6. The molecule has 1 aliphatic heterocycles. The van der Waals surface area contributed by atoms with E-state index in [1.807, 2.05) is 11.4 Å². The van der Waals surface area contributed by atoms with Gasteiger partial charge in [-0.2, -0.15) is 0 Å². The highest BCUT2D eigenvalue weighted by Crippen LogP contribution is 2.36. The quantitative estimate of drug-likeness (QED) is 0.557. The third-order valence-corrected chi connectivity index (χ3v) is 5.74. The zero-order valence-corrected chi connectivity index (χ0v) is 17.7. The Morgan fingerprint density at radius 2 is 1.77 bits per heavy atom. The number of benzene rings is 2. The van der Waals surface area contributed by atoms with Crippen molar-refractivity contribution in [3.63, 3.8) is 0 Å². The minimum absolute atomic E-state index is 0.0350. The Balaban J connectivity index is 1.73. The van der Waals surface area contributed by atoms with Gasteiger partial charge in [-0.05, 0) is 41.3 Å². The molecule has 0 aliphatic carbocycles. The number of ether oxygens (including phenoxy) is 2. The highest BCUT2D eigenvalue weighted by molar-refractivity contribution is 7.11. The first-order valence-corrected chi connectivity index (χ1v) is 10.3. The summed E-state index contributed by atoms with van der Waals surface area (Å²) in [5, 5.41) is 4.93. The molecule has 1 aromatic heterocycles. The number of hydrogen-bond donors (Lipinski definition) is 1. The van der Waals surface area contributed by atoms with Gasteiger partial charge in [0.2, 0.25) is 0 Å². The molecule has 2 heterocycles. The molecular formula is C23H19FN2O4S. The second-order valence-electron chi connectivity index (χ2n) is 6.74. The molecule has 1 N–H and O–H groups in total. The van der Waals surface area contributed by atoms with Gasteiger partial charge in [0.15, 0.2) is 0 Å². The van der Waals surface area contributed by atoms with E-state index in [1.54, 1.807) is 36.4 Å². The fourth-order valence-electron chi connectivity index (χ4n) is 3.30. The largest absolute Gasteiger partial charge is 0.497 e. The number of amides is 2. The molecule has 0 saturated carbocycles. The van der Waals surface area contributed by atoms with Gasteiger partial charge in [0.25, 0.3) is 11.8 Å². The number of imide groups is 1. The van der Waals surface area contributed by atoms with Gasteiger partial charge in [-0.15, -0.1) is 11.3 Å². The van der Waals surface area contributed by atoms with Gasteiger partial charge in [-0.3, -0.25) is 14.5 Å². The summed E-state index contributed by atoms with van der Waals surface area (Å²) in [5.74, 6) is -0.200. The maximum Gasteiger partial charge on any atom is 0.278 e. The Morgan fingerprint density at radius 3 is 2.42 bits per heavy atom. The van der Waals surface area contributed by atoms with Gasteiger partial charge in [0.1, 0.15) is 23.0 Å². The number of anilines is 1. The second-order valence-corrected chi connectivity index (χ2v) is 7.69. The molecule has 0 saturated heterocycles. The van der Waals surface area contributed by atoms with Crippen LogP contribution in [0.3, 0.4) is 0 Å². The van der Waals surface area contributed by atoms with E-state index in [0.717, 1.165) is 4.90 Å². The third kappa shape index (κ3) is 4.02. The van der Waals surface area contributed by atoms with Crippen molar-refractivity contribution in [3.8, 4) is 11.5 Å². The second kappa shape index (κ2) is 8.61.